The van der Waals surface area contributed by atoms with E-state index in [1.54, 1.807) is 0 Å². The van der Waals surface area contributed by atoms with E-state index in [0.29, 0.717) is 22.6 Å². The Morgan fingerprint density at radius 3 is 2.94 bits per heavy atom. The lowest BCUT2D eigenvalue weighted by atomic mass is 10.4. The number of hydrogen-bond donors (Lipinski definition) is 2. The molecule has 3 N–H and O–H groups in total. The molecule has 92 valence electrons. The van der Waals surface area contributed by atoms with Gasteiger partial charge >= 0.3 is 0 Å². The number of nitrogens with one attached hydrogen (secondary N) is 1. The summed E-state index contributed by atoms with van der Waals surface area (Å²) in [5, 5.41) is 6.81. The van der Waals surface area contributed by atoms with Gasteiger partial charge in [-0.05, 0) is 34.7 Å². The molecule has 0 bridgehead atoms. The molecule has 0 atom stereocenters. The van der Waals surface area contributed by atoms with Crippen LogP contribution in [0.15, 0.2) is 15.5 Å². The summed E-state index contributed by atoms with van der Waals surface area (Å²) in [6, 6.07) is 0. The van der Waals surface area contributed by atoms with Crippen molar-refractivity contribution in [3.8, 4) is 0 Å². The van der Waals surface area contributed by atoms with Gasteiger partial charge in [-0.1, -0.05) is 0 Å². The zero-order valence-electron chi connectivity index (χ0n) is 9.15. The van der Waals surface area contributed by atoms with Crippen molar-refractivity contribution in [2.75, 3.05) is 11.9 Å². The predicted octanol–water partition coefficient (Wildman–Crippen LogP) is 0.313. The number of primary amides is 1. The van der Waals surface area contributed by atoms with Gasteiger partial charge in [0.2, 0.25) is 5.91 Å². The first-order valence-electron chi connectivity index (χ1n) is 5.35. The van der Waals surface area contributed by atoms with Crippen LogP contribution >= 0.6 is 15.9 Å². The third kappa shape index (κ3) is 3.06. The van der Waals surface area contributed by atoms with Gasteiger partial charge in [-0.15, -0.1) is 0 Å². The summed E-state index contributed by atoms with van der Waals surface area (Å²) in [7, 11) is 0. The van der Waals surface area contributed by atoms with Crippen molar-refractivity contribution in [2.45, 2.75) is 19.4 Å². The maximum atomic E-state index is 11.9. The second kappa shape index (κ2) is 4.87. The van der Waals surface area contributed by atoms with Crippen LogP contribution in [-0.2, 0) is 11.3 Å². The van der Waals surface area contributed by atoms with Crippen molar-refractivity contribution >= 4 is 27.5 Å². The molecule has 1 aromatic rings. The number of carbonyl (C=O) groups excluding carboxylic acids is 1. The number of carbonyl (C=O) groups is 1. The van der Waals surface area contributed by atoms with E-state index >= 15 is 0 Å². The molecule has 2 rings (SSSR count). The van der Waals surface area contributed by atoms with Crippen molar-refractivity contribution in [1.82, 2.24) is 9.78 Å². The number of nitrogens with zero attached hydrogens (tertiary/aromatic N) is 2. The zero-order chi connectivity index (χ0) is 12.4. The van der Waals surface area contributed by atoms with E-state index in [0.717, 1.165) is 12.8 Å². The Hall–Kier alpha value is -1.37. The summed E-state index contributed by atoms with van der Waals surface area (Å²) in [6.45, 7) is 0.639. The quantitative estimate of drug-likeness (QED) is 0.819. The molecule has 0 unspecified atom stereocenters. The Morgan fingerprint density at radius 1 is 1.65 bits per heavy atom. The second-order valence-electron chi connectivity index (χ2n) is 4.12. The minimum Gasteiger partial charge on any atom is -0.374 e. The van der Waals surface area contributed by atoms with Crippen LogP contribution in [0.4, 0.5) is 5.69 Å². The number of nitrogens with two attached hydrogens (primary N) is 1. The Labute approximate surface area is 106 Å². The van der Waals surface area contributed by atoms with Crippen molar-refractivity contribution in [1.29, 1.82) is 0 Å². The molecule has 1 heterocycles. The lowest BCUT2D eigenvalue weighted by molar-refractivity contribution is -0.116. The van der Waals surface area contributed by atoms with Gasteiger partial charge in [0.25, 0.3) is 5.56 Å². The van der Waals surface area contributed by atoms with Gasteiger partial charge < -0.3 is 11.1 Å². The highest BCUT2D eigenvalue weighted by molar-refractivity contribution is 9.10. The Morgan fingerprint density at radius 2 is 2.35 bits per heavy atom. The fraction of sp³-hybridized carbons (Fsp3) is 0.500. The molecule has 6 nitrogen and oxygen atoms in total. The number of rotatable bonds is 5. The topological polar surface area (TPSA) is 90.0 Å². The van der Waals surface area contributed by atoms with E-state index in [9.17, 15) is 9.59 Å². The fourth-order valence-electron chi connectivity index (χ4n) is 1.45. The second-order valence-corrected chi connectivity index (χ2v) is 4.92. The first-order valence-corrected chi connectivity index (χ1v) is 6.15. The summed E-state index contributed by atoms with van der Waals surface area (Å²) in [5.41, 5.74) is 5.31. The number of halogens is 1. The van der Waals surface area contributed by atoms with Crippen LogP contribution in [-0.4, -0.2) is 22.2 Å². The zero-order valence-corrected chi connectivity index (χ0v) is 10.7. The molecule has 0 spiro atoms. The number of amides is 1. The third-order valence-electron chi connectivity index (χ3n) is 2.57. The average molecular weight is 301 g/mol. The Bertz CT molecular complexity index is 496. The highest BCUT2D eigenvalue weighted by Crippen LogP contribution is 2.30. The molecular weight excluding hydrogens is 288 g/mol. The first kappa shape index (κ1) is 12.1. The molecule has 0 aliphatic heterocycles. The maximum absolute atomic E-state index is 11.9. The van der Waals surface area contributed by atoms with Crippen molar-refractivity contribution in [3.05, 3.63) is 21.0 Å². The highest BCUT2D eigenvalue weighted by Gasteiger charge is 2.23. The molecule has 0 saturated heterocycles. The van der Waals surface area contributed by atoms with Gasteiger partial charge in [0, 0.05) is 6.54 Å². The molecule has 1 aliphatic carbocycles. The standard InChI is InChI=1S/C10H13BrN4O2/c11-9-7(13-4-8(12)16)3-14-15(10(9)17)5-6-1-2-6/h3,6,13H,1-2,4-5H2,(H2,12,16). The minimum absolute atomic E-state index is 0.0215. The van der Waals surface area contributed by atoms with E-state index in [1.807, 2.05) is 0 Å². The molecule has 17 heavy (non-hydrogen) atoms. The van der Waals surface area contributed by atoms with Crippen molar-refractivity contribution < 1.29 is 4.79 Å². The van der Waals surface area contributed by atoms with Gasteiger partial charge in [0.1, 0.15) is 4.47 Å². The number of hydrogen-bond acceptors (Lipinski definition) is 4. The number of anilines is 1. The summed E-state index contributed by atoms with van der Waals surface area (Å²) in [5.74, 6) is 0.0931. The lowest BCUT2D eigenvalue weighted by Gasteiger charge is -2.08. The van der Waals surface area contributed by atoms with E-state index in [2.05, 4.69) is 26.3 Å². The molecular formula is C10H13BrN4O2. The van der Waals surface area contributed by atoms with Crippen LogP contribution in [0.5, 0.6) is 0 Å². The summed E-state index contributed by atoms with van der Waals surface area (Å²) >= 11 is 3.20. The highest BCUT2D eigenvalue weighted by atomic mass is 79.9. The van der Waals surface area contributed by atoms with Crippen molar-refractivity contribution in [2.24, 2.45) is 11.7 Å². The van der Waals surface area contributed by atoms with Gasteiger partial charge in [-0.25, -0.2) is 4.68 Å². The first-order chi connectivity index (χ1) is 8.08. The lowest BCUT2D eigenvalue weighted by Crippen LogP contribution is -2.27. The normalized spacial score (nSPS) is 14.6. The summed E-state index contributed by atoms with van der Waals surface area (Å²) in [4.78, 5) is 22.5. The molecule has 1 aliphatic rings. The van der Waals surface area contributed by atoms with Gasteiger partial charge in [-0.2, -0.15) is 5.10 Å². The van der Waals surface area contributed by atoms with E-state index in [4.69, 9.17) is 5.73 Å². The van der Waals surface area contributed by atoms with E-state index < -0.39 is 5.91 Å². The fourth-order valence-corrected chi connectivity index (χ4v) is 1.89. The molecule has 1 saturated carbocycles. The predicted molar refractivity (Wildman–Crippen MR) is 66.6 cm³/mol. The molecule has 0 aromatic carbocycles. The van der Waals surface area contributed by atoms with Crippen LogP contribution in [0.25, 0.3) is 0 Å². The van der Waals surface area contributed by atoms with Gasteiger partial charge in [0.05, 0.1) is 18.4 Å². The van der Waals surface area contributed by atoms with Crippen LogP contribution in [0, 0.1) is 5.92 Å². The Balaban J connectivity index is 2.16. The van der Waals surface area contributed by atoms with Crippen LogP contribution in [0.2, 0.25) is 0 Å². The van der Waals surface area contributed by atoms with Crippen molar-refractivity contribution in [3.63, 3.8) is 0 Å². The van der Waals surface area contributed by atoms with Gasteiger partial charge in [-0.3, -0.25) is 9.59 Å². The Kier molecular flexibility index (Phi) is 3.46. The van der Waals surface area contributed by atoms with Crippen LogP contribution in [0.3, 0.4) is 0 Å². The SMILES string of the molecule is NC(=O)CNc1cnn(CC2CC2)c(=O)c1Br. The number of aromatic nitrogens is 2. The molecule has 1 amide bonds. The average Bonchev–Trinajstić information content (AvgIpc) is 3.07. The van der Waals surface area contributed by atoms with E-state index in [1.165, 1.54) is 10.9 Å². The molecule has 1 aromatic heterocycles. The third-order valence-corrected chi connectivity index (χ3v) is 3.33. The maximum Gasteiger partial charge on any atom is 0.283 e. The smallest absolute Gasteiger partial charge is 0.283 e. The monoisotopic (exact) mass is 300 g/mol. The minimum atomic E-state index is -0.487. The summed E-state index contributed by atoms with van der Waals surface area (Å²) in [6.07, 6.45) is 3.84. The summed E-state index contributed by atoms with van der Waals surface area (Å²) < 4.78 is 1.83. The largest absolute Gasteiger partial charge is 0.374 e. The molecule has 1 fully saturated rings. The van der Waals surface area contributed by atoms with Gasteiger partial charge in [0.15, 0.2) is 0 Å². The van der Waals surface area contributed by atoms with Crippen LogP contribution in [0.1, 0.15) is 12.8 Å². The van der Waals surface area contributed by atoms with Crippen LogP contribution < -0.4 is 16.6 Å². The van der Waals surface area contributed by atoms with E-state index in [-0.39, 0.29) is 12.1 Å². The molecule has 7 heteroatoms. The molecule has 0 radical (unpaired) electrons.